The molecule has 0 atom stereocenters. The Morgan fingerprint density at radius 2 is 0.663 bits per heavy atom. The molecule has 9 aromatic rings. The largest absolute Gasteiger partial charge is 0.478 e. The van der Waals surface area contributed by atoms with E-state index in [1.807, 2.05) is 31.2 Å². The molecule has 0 aromatic heterocycles. The molecule has 0 unspecified atom stereocenters. The van der Waals surface area contributed by atoms with Crippen molar-refractivity contribution in [3.8, 4) is 17.2 Å². The first-order chi connectivity index (χ1) is 45.1. The van der Waals surface area contributed by atoms with Gasteiger partial charge in [0.25, 0.3) is 17.7 Å². The van der Waals surface area contributed by atoms with Gasteiger partial charge in [0, 0.05) is 64.6 Å². The van der Waals surface area contributed by atoms with Gasteiger partial charge in [-0.2, -0.15) is 15.3 Å². The van der Waals surface area contributed by atoms with Crippen molar-refractivity contribution in [2.75, 3.05) is 0 Å². The lowest BCUT2D eigenvalue weighted by molar-refractivity contribution is -0.134. The van der Waals surface area contributed by atoms with E-state index < -0.39 is 34.5 Å². The van der Waals surface area contributed by atoms with Crippen molar-refractivity contribution in [1.29, 1.82) is 0 Å². The van der Waals surface area contributed by atoms with E-state index in [-0.39, 0.29) is 17.3 Å². The van der Waals surface area contributed by atoms with Gasteiger partial charge >= 0.3 is 0 Å². The van der Waals surface area contributed by atoms with Crippen LogP contribution >= 0.6 is 81.2 Å². The number of ketones is 3. The molecule has 0 bridgehead atoms. The molecule has 22 heteroatoms. The highest BCUT2D eigenvalue weighted by Gasteiger charge is 2.32. The summed E-state index contributed by atoms with van der Waals surface area (Å²) < 4.78 is 17.4. The van der Waals surface area contributed by atoms with Crippen LogP contribution in [0.1, 0.15) is 112 Å². The van der Waals surface area contributed by atoms with Crippen LogP contribution in [0.25, 0.3) is 0 Å². The molecule has 0 aliphatic rings. The number of nitrogens with one attached hydrogen (secondary N) is 3. The minimum atomic E-state index is -1.23. The average Bonchev–Trinajstić information content (AvgIpc) is 0.962. The smallest absolute Gasteiger partial charge is 0.283 e. The lowest BCUT2D eigenvalue weighted by Gasteiger charge is -2.24. The molecule has 0 heterocycles. The van der Waals surface area contributed by atoms with Gasteiger partial charge in [-0.25, -0.2) is 16.3 Å². The zero-order valence-corrected chi connectivity index (χ0v) is 57.3. The standard InChI is InChI=1S/C25H23ClN2O3.2C24H19Cl3N2O3/c1-17-5-4-6-18(15-17)16-27-28-24(30)25(2,3)31-22-13-9-20(10-14-22)23(29)19-7-11-21(26)12-8-19;1-24(2,23(31)29-28-14-17-5-10-19(26)13-21(17)27)32-20-11-6-16(7-12-20)22(30)15-3-8-18(25)9-4-15;1-24(2,23(31)29-28-14-17-4-3-5-20(26)21(17)27)32-19-12-8-16(9-13-19)22(30)15-6-10-18(25)11-7-15/h4-16H,1-3H3,(H,28,30);2*3-14H,1-2H3,(H,29,31)/b27-16+;2*28-14+. The molecule has 95 heavy (non-hydrogen) atoms. The molecule has 0 saturated heterocycles. The quantitative estimate of drug-likeness (QED) is 0.0355. The summed E-state index contributed by atoms with van der Waals surface area (Å²) in [5, 5.41) is 15.2. The molecule has 0 radical (unpaired) electrons. The summed E-state index contributed by atoms with van der Waals surface area (Å²) in [5.41, 5.74) is 10.0. The maximum absolute atomic E-state index is 12.6. The van der Waals surface area contributed by atoms with Crippen LogP contribution in [0.5, 0.6) is 17.2 Å². The molecule has 0 aliphatic heterocycles. The van der Waals surface area contributed by atoms with E-state index in [2.05, 4.69) is 31.6 Å². The van der Waals surface area contributed by atoms with E-state index in [9.17, 15) is 28.8 Å². The Morgan fingerprint density at radius 3 is 1.01 bits per heavy atom. The molecule has 3 amide bonds. The van der Waals surface area contributed by atoms with Crippen molar-refractivity contribution in [3.05, 3.63) is 297 Å². The second-order valence-corrected chi connectivity index (χ2v) is 25.2. The number of nitrogens with zero attached hydrogens (tertiary/aromatic N) is 3. The minimum Gasteiger partial charge on any atom is -0.478 e. The molecule has 9 rings (SSSR count). The first-order valence-electron chi connectivity index (χ1n) is 28.8. The zero-order valence-electron chi connectivity index (χ0n) is 52.0. The van der Waals surface area contributed by atoms with Crippen LogP contribution in [0.15, 0.2) is 222 Å². The Hall–Kier alpha value is -9.16. The van der Waals surface area contributed by atoms with Gasteiger partial charge < -0.3 is 14.2 Å². The predicted octanol–water partition coefficient (Wildman–Crippen LogP) is 17.6. The van der Waals surface area contributed by atoms with Gasteiger partial charge in [0.05, 0.1) is 33.7 Å². The molecular formula is C73H61Cl7N6O9. The third kappa shape index (κ3) is 22.0. The summed E-state index contributed by atoms with van der Waals surface area (Å²) in [6, 6.07) is 57.6. The molecular weight excluding hydrogens is 1350 g/mol. The molecule has 15 nitrogen and oxygen atoms in total. The molecule has 9 aromatic carbocycles. The third-order valence-corrected chi connectivity index (χ3v) is 15.7. The number of hydrogen-bond donors (Lipinski definition) is 3. The summed E-state index contributed by atoms with van der Waals surface area (Å²) in [7, 11) is 0. The number of aryl methyl sites for hydroxylation is 1. The fraction of sp³-hybridized carbons (Fsp3) is 0.137. The zero-order chi connectivity index (χ0) is 69.0. The van der Waals surface area contributed by atoms with E-state index in [4.69, 9.17) is 95.4 Å². The van der Waals surface area contributed by atoms with Crippen LogP contribution in [0, 0.1) is 6.92 Å². The number of carbonyl (C=O) groups is 6. The van der Waals surface area contributed by atoms with Crippen LogP contribution in [-0.2, 0) is 14.4 Å². The maximum Gasteiger partial charge on any atom is 0.283 e. The summed E-state index contributed by atoms with van der Waals surface area (Å²) in [6.07, 6.45) is 4.40. The van der Waals surface area contributed by atoms with Crippen molar-refractivity contribution in [1.82, 2.24) is 16.3 Å². The SMILES string of the molecule is CC(C)(Oc1ccc(C(=O)c2ccc(Cl)cc2)cc1)C(=O)N/N=C/c1ccc(Cl)cc1Cl.CC(C)(Oc1ccc(C(=O)c2ccc(Cl)cc2)cc1)C(=O)N/N=C/c1cccc(Cl)c1Cl.Cc1cccc(/C=N/NC(=O)C(C)(C)Oc2ccc(C(=O)c3ccc(Cl)cc3)cc2)c1. The Morgan fingerprint density at radius 1 is 0.347 bits per heavy atom. The minimum absolute atomic E-state index is 0.120. The summed E-state index contributed by atoms with van der Waals surface area (Å²) in [4.78, 5) is 75.2. The molecule has 0 spiro atoms. The van der Waals surface area contributed by atoms with E-state index in [1.165, 1.54) is 12.4 Å². The normalized spacial score (nSPS) is 11.4. The lowest BCUT2D eigenvalue weighted by Crippen LogP contribution is -2.44. The molecule has 486 valence electrons. The number of hydrazone groups is 3. The van der Waals surface area contributed by atoms with Gasteiger partial charge in [-0.1, -0.05) is 129 Å². The number of benzene rings is 9. The molecule has 0 fully saturated rings. The van der Waals surface area contributed by atoms with E-state index in [1.54, 1.807) is 230 Å². The van der Waals surface area contributed by atoms with Crippen LogP contribution < -0.4 is 30.5 Å². The monoisotopic (exact) mass is 1410 g/mol. The van der Waals surface area contributed by atoms with Gasteiger partial charge in [0.1, 0.15) is 17.2 Å². The van der Waals surface area contributed by atoms with Gasteiger partial charge in [0.15, 0.2) is 34.2 Å². The highest BCUT2D eigenvalue weighted by atomic mass is 35.5. The number of ether oxygens (including phenoxy) is 3. The fourth-order valence-electron chi connectivity index (χ4n) is 8.22. The summed E-state index contributed by atoms with van der Waals surface area (Å²) >= 11 is 41.6. The van der Waals surface area contributed by atoms with Crippen LogP contribution in [0.3, 0.4) is 0 Å². The topological polar surface area (TPSA) is 203 Å². The highest BCUT2D eigenvalue weighted by Crippen LogP contribution is 2.27. The maximum atomic E-state index is 12.6. The molecule has 0 aliphatic carbocycles. The first kappa shape index (κ1) is 73.3. The Bertz CT molecular complexity index is 4300. The molecule has 0 saturated carbocycles. The van der Waals surface area contributed by atoms with Crippen molar-refractivity contribution >= 4 is 135 Å². The van der Waals surface area contributed by atoms with Gasteiger partial charge in [-0.05, 0) is 218 Å². The lowest BCUT2D eigenvalue weighted by atomic mass is 10.0. The van der Waals surface area contributed by atoms with Crippen molar-refractivity contribution < 1.29 is 43.0 Å². The molecule has 3 N–H and O–H groups in total. The van der Waals surface area contributed by atoms with Gasteiger partial charge in [-0.3, -0.25) is 28.8 Å². The second-order valence-electron chi connectivity index (χ2n) is 22.2. The number of amides is 3. The third-order valence-electron chi connectivity index (χ3n) is 13.5. The van der Waals surface area contributed by atoms with Crippen molar-refractivity contribution in [2.24, 2.45) is 15.3 Å². The Balaban J connectivity index is 0.000000201. The number of hydrogen-bond acceptors (Lipinski definition) is 12. The Kier molecular flexibility index (Phi) is 26.1. The predicted molar refractivity (Wildman–Crippen MR) is 379 cm³/mol. The van der Waals surface area contributed by atoms with Crippen molar-refractivity contribution in [3.63, 3.8) is 0 Å². The van der Waals surface area contributed by atoms with E-state index in [0.717, 1.165) is 11.1 Å². The van der Waals surface area contributed by atoms with Gasteiger partial charge in [0.2, 0.25) is 0 Å². The number of rotatable bonds is 21. The van der Waals surface area contributed by atoms with Gasteiger partial charge in [-0.15, -0.1) is 0 Å². The fourth-order valence-corrected chi connectivity index (χ4v) is 9.41. The highest BCUT2D eigenvalue weighted by molar-refractivity contribution is 6.43. The first-order valence-corrected chi connectivity index (χ1v) is 31.5. The average molecular weight is 1410 g/mol. The van der Waals surface area contributed by atoms with E-state index >= 15 is 0 Å². The van der Waals surface area contributed by atoms with Crippen molar-refractivity contribution in [2.45, 2.75) is 65.3 Å². The summed E-state index contributed by atoms with van der Waals surface area (Å²) in [5.74, 6) is -0.380. The summed E-state index contributed by atoms with van der Waals surface area (Å²) in [6.45, 7) is 11.7. The Labute approximate surface area is 585 Å². The second kappa shape index (κ2) is 33.8. The van der Waals surface area contributed by atoms with Crippen LogP contribution in [0.4, 0.5) is 0 Å². The van der Waals surface area contributed by atoms with Crippen LogP contribution in [0.2, 0.25) is 35.2 Å². The van der Waals surface area contributed by atoms with E-state index in [0.29, 0.717) is 96.9 Å². The number of halogens is 7. The van der Waals surface area contributed by atoms with Crippen LogP contribution in [-0.4, -0.2) is 70.5 Å². The number of carbonyl (C=O) groups excluding carboxylic acids is 6.